The molecule has 0 fully saturated rings. The van der Waals surface area contributed by atoms with Crippen molar-refractivity contribution in [2.75, 3.05) is 7.11 Å². The predicted octanol–water partition coefficient (Wildman–Crippen LogP) is 2.86. The van der Waals surface area contributed by atoms with Gasteiger partial charge in [-0.05, 0) is 47.5 Å². The molecule has 0 heterocycles. The largest absolute Gasteiger partial charge is 0.508 e. The van der Waals surface area contributed by atoms with Gasteiger partial charge in [-0.1, -0.05) is 6.07 Å². The molecule has 14 heavy (non-hydrogen) atoms. The fraction of sp³-hybridized carbons (Fsp3) is 0.167. The second kappa shape index (κ2) is 3.22. The molecule has 0 aliphatic carbocycles. The van der Waals surface area contributed by atoms with E-state index >= 15 is 0 Å². The molecule has 2 aromatic rings. The van der Waals surface area contributed by atoms with Crippen molar-refractivity contribution in [1.29, 1.82) is 0 Å². The number of methoxy groups -OCH3 is 1. The number of hydrogen-bond donors (Lipinski definition) is 1. The summed E-state index contributed by atoms with van der Waals surface area (Å²) in [6.45, 7) is 1.89. The molecule has 0 atom stereocenters. The zero-order valence-electron chi connectivity index (χ0n) is 8.24. The van der Waals surface area contributed by atoms with Crippen molar-refractivity contribution in [2.45, 2.75) is 6.92 Å². The number of aromatic hydroxyl groups is 1. The average molecular weight is 188 g/mol. The van der Waals surface area contributed by atoms with Crippen molar-refractivity contribution >= 4 is 10.8 Å². The Labute approximate surface area is 82.8 Å². The van der Waals surface area contributed by atoms with Crippen LogP contribution in [0.15, 0.2) is 30.3 Å². The standard InChI is InChI=1S/C12H12O2/c1-8-5-9-3-4-11(14-2)6-10(9)7-12(8)13/h3-7,13H,1-2H3. The smallest absolute Gasteiger partial charge is 0.119 e. The highest BCUT2D eigenvalue weighted by Crippen LogP contribution is 2.27. The van der Waals surface area contributed by atoms with Gasteiger partial charge in [0.05, 0.1) is 7.11 Å². The topological polar surface area (TPSA) is 29.5 Å². The first-order chi connectivity index (χ1) is 6.70. The molecular formula is C12H12O2. The normalized spacial score (nSPS) is 10.4. The van der Waals surface area contributed by atoms with Crippen LogP contribution in [-0.4, -0.2) is 12.2 Å². The molecule has 0 spiro atoms. The quantitative estimate of drug-likeness (QED) is 0.745. The van der Waals surface area contributed by atoms with Crippen LogP contribution in [0.5, 0.6) is 11.5 Å². The molecule has 0 unspecified atom stereocenters. The molecule has 0 saturated carbocycles. The van der Waals surface area contributed by atoms with E-state index in [9.17, 15) is 5.11 Å². The lowest BCUT2D eigenvalue weighted by Crippen LogP contribution is -1.83. The SMILES string of the molecule is COc1ccc2cc(C)c(O)cc2c1. The van der Waals surface area contributed by atoms with E-state index in [1.54, 1.807) is 13.2 Å². The molecule has 1 N–H and O–H groups in total. The van der Waals surface area contributed by atoms with Gasteiger partial charge in [-0.25, -0.2) is 0 Å². The predicted molar refractivity (Wildman–Crippen MR) is 56.9 cm³/mol. The van der Waals surface area contributed by atoms with Crippen LogP contribution < -0.4 is 4.74 Å². The summed E-state index contributed by atoms with van der Waals surface area (Å²) in [6, 6.07) is 9.53. The van der Waals surface area contributed by atoms with Gasteiger partial charge in [-0.15, -0.1) is 0 Å². The third-order valence-electron chi connectivity index (χ3n) is 2.36. The number of phenolic OH excluding ortho intramolecular Hbond substituents is 1. The van der Waals surface area contributed by atoms with Crippen LogP contribution in [0.2, 0.25) is 0 Å². The first kappa shape index (κ1) is 8.88. The van der Waals surface area contributed by atoms with E-state index in [1.807, 2.05) is 31.2 Å². The number of rotatable bonds is 1. The Balaban J connectivity index is 2.70. The molecule has 0 aliphatic heterocycles. The molecule has 0 bridgehead atoms. The summed E-state index contributed by atoms with van der Waals surface area (Å²) in [6.07, 6.45) is 0. The Bertz CT molecular complexity index is 475. The fourth-order valence-corrected chi connectivity index (χ4v) is 1.50. The summed E-state index contributed by atoms with van der Waals surface area (Å²) < 4.78 is 5.11. The number of benzene rings is 2. The summed E-state index contributed by atoms with van der Waals surface area (Å²) in [4.78, 5) is 0. The van der Waals surface area contributed by atoms with E-state index < -0.39 is 0 Å². The van der Waals surface area contributed by atoms with E-state index in [0.29, 0.717) is 5.75 Å². The Morgan fingerprint density at radius 2 is 1.86 bits per heavy atom. The highest BCUT2D eigenvalue weighted by Gasteiger charge is 2.00. The first-order valence-corrected chi connectivity index (χ1v) is 4.48. The van der Waals surface area contributed by atoms with Crippen LogP contribution in [0.4, 0.5) is 0 Å². The number of aryl methyl sites for hydroxylation is 1. The van der Waals surface area contributed by atoms with Gasteiger partial charge in [-0.2, -0.15) is 0 Å². The Morgan fingerprint density at radius 1 is 1.07 bits per heavy atom. The molecule has 72 valence electrons. The van der Waals surface area contributed by atoms with Gasteiger partial charge in [0.25, 0.3) is 0 Å². The Hall–Kier alpha value is -1.70. The van der Waals surface area contributed by atoms with Crippen LogP contribution >= 0.6 is 0 Å². The number of phenols is 1. The van der Waals surface area contributed by atoms with E-state index in [4.69, 9.17) is 4.74 Å². The van der Waals surface area contributed by atoms with Gasteiger partial charge >= 0.3 is 0 Å². The number of hydrogen-bond acceptors (Lipinski definition) is 2. The van der Waals surface area contributed by atoms with Crippen LogP contribution in [0.3, 0.4) is 0 Å². The molecule has 0 radical (unpaired) electrons. The van der Waals surface area contributed by atoms with Gasteiger partial charge in [0.1, 0.15) is 11.5 Å². The summed E-state index contributed by atoms with van der Waals surface area (Å²) in [5, 5.41) is 11.6. The van der Waals surface area contributed by atoms with Gasteiger partial charge in [-0.3, -0.25) is 0 Å². The lowest BCUT2D eigenvalue weighted by molar-refractivity contribution is 0.415. The molecular weight excluding hydrogens is 176 g/mol. The van der Waals surface area contributed by atoms with Crippen molar-refractivity contribution < 1.29 is 9.84 Å². The molecule has 0 saturated heterocycles. The minimum atomic E-state index is 0.325. The van der Waals surface area contributed by atoms with Gasteiger partial charge in [0, 0.05) is 0 Å². The molecule has 2 rings (SSSR count). The van der Waals surface area contributed by atoms with Crippen molar-refractivity contribution in [3.8, 4) is 11.5 Å². The lowest BCUT2D eigenvalue weighted by Gasteiger charge is -2.04. The molecule has 2 heteroatoms. The van der Waals surface area contributed by atoms with Crippen molar-refractivity contribution in [1.82, 2.24) is 0 Å². The minimum absolute atomic E-state index is 0.325. The maximum Gasteiger partial charge on any atom is 0.119 e. The molecule has 0 aromatic heterocycles. The van der Waals surface area contributed by atoms with E-state index in [0.717, 1.165) is 22.1 Å². The number of fused-ring (bicyclic) bond motifs is 1. The summed E-state index contributed by atoms with van der Waals surface area (Å²) in [5.41, 5.74) is 0.891. The monoisotopic (exact) mass is 188 g/mol. The van der Waals surface area contributed by atoms with Crippen molar-refractivity contribution in [3.63, 3.8) is 0 Å². The van der Waals surface area contributed by atoms with E-state index in [2.05, 4.69) is 0 Å². The maximum atomic E-state index is 9.54. The molecule has 0 aliphatic rings. The second-order valence-corrected chi connectivity index (χ2v) is 3.35. The Kier molecular flexibility index (Phi) is 2.04. The number of ether oxygens (including phenoxy) is 1. The third kappa shape index (κ3) is 1.39. The van der Waals surface area contributed by atoms with Crippen molar-refractivity contribution in [2.24, 2.45) is 0 Å². The van der Waals surface area contributed by atoms with Gasteiger partial charge in [0.15, 0.2) is 0 Å². The van der Waals surface area contributed by atoms with Crippen molar-refractivity contribution in [3.05, 3.63) is 35.9 Å². The minimum Gasteiger partial charge on any atom is -0.508 e. The highest BCUT2D eigenvalue weighted by atomic mass is 16.5. The van der Waals surface area contributed by atoms with Gasteiger partial charge < -0.3 is 9.84 Å². The fourth-order valence-electron chi connectivity index (χ4n) is 1.50. The van der Waals surface area contributed by atoms with E-state index in [1.165, 1.54) is 0 Å². The third-order valence-corrected chi connectivity index (χ3v) is 2.36. The summed E-state index contributed by atoms with van der Waals surface area (Å²) in [7, 11) is 1.63. The average Bonchev–Trinajstić information content (AvgIpc) is 2.19. The summed E-state index contributed by atoms with van der Waals surface area (Å²) >= 11 is 0. The highest BCUT2D eigenvalue weighted by molar-refractivity contribution is 5.86. The second-order valence-electron chi connectivity index (χ2n) is 3.35. The van der Waals surface area contributed by atoms with E-state index in [-0.39, 0.29) is 0 Å². The van der Waals surface area contributed by atoms with Crippen LogP contribution in [0.25, 0.3) is 10.8 Å². The molecule has 2 aromatic carbocycles. The molecule has 2 nitrogen and oxygen atoms in total. The molecule has 0 amide bonds. The maximum absolute atomic E-state index is 9.54. The van der Waals surface area contributed by atoms with Crippen LogP contribution in [-0.2, 0) is 0 Å². The zero-order valence-corrected chi connectivity index (χ0v) is 8.24. The zero-order chi connectivity index (χ0) is 10.1. The van der Waals surface area contributed by atoms with Crippen LogP contribution in [0, 0.1) is 6.92 Å². The summed E-state index contributed by atoms with van der Waals surface area (Å²) in [5.74, 6) is 1.13. The Morgan fingerprint density at radius 3 is 2.57 bits per heavy atom. The van der Waals surface area contributed by atoms with Gasteiger partial charge in [0.2, 0.25) is 0 Å². The first-order valence-electron chi connectivity index (χ1n) is 4.48. The van der Waals surface area contributed by atoms with Crippen LogP contribution in [0.1, 0.15) is 5.56 Å². The lowest BCUT2D eigenvalue weighted by atomic mass is 10.1.